The van der Waals surface area contributed by atoms with E-state index in [2.05, 4.69) is 0 Å². The Hall–Kier alpha value is -2.28. The average Bonchev–Trinajstić information content (AvgIpc) is 3.06. The highest BCUT2D eigenvalue weighted by atomic mass is 16.6. The minimum atomic E-state index is -2.48. The van der Waals surface area contributed by atoms with E-state index in [0.29, 0.717) is 26.2 Å². The van der Waals surface area contributed by atoms with E-state index in [9.17, 15) is 0 Å². The zero-order valence-electron chi connectivity index (χ0n) is 38.3. The van der Waals surface area contributed by atoms with Crippen LogP contribution in [-0.2, 0) is 38.1 Å². The third-order valence-corrected chi connectivity index (χ3v) is 16.5. The fraction of sp³-hybridized carbons (Fsp3) is 0.909. The van der Waals surface area contributed by atoms with Crippen molar-refractivity contribution in [1.29, 1.82) is 0 Å². The Morgan fingerprint density at radius 1 is 0.464 bits per heavy atom. The number of piperidine rings is 4. The monoisotopic (exact) mass is 791 g/mol. The zero-order valence-corrected chi connectivity index (χ0v) is 38.3. The van der Waals surface area contributed by atoms with Gasteiger partial charge in [0.2, 0.25) is 0 Å². The Labute approximate surface area is 339 Å². The molecule has 0 aliphatic carbocycles. The van der Waals surface area contributed by atoms with Crippen molar-refractivity contribution >= 4 is 23.9 Å². The number of hydrogen-bond acceptors (Lipinski definition) is 12. The van der Waals surface area contributed by atoms with Gasteiger partial charge in [-0.1, -0.05) is 62.3 Å². The molecule has 0 amide bonds. The smallest absolute Gasteiger partial charge is 0.326 e. The average molecular weight is 791 g/mol. The summed E-state index contributed by atoms with van der Waals surface area (Å²) in [6.07, 6.45) is 6.32. The molecule has 12 nitrogen and oxygen atoms in total. The molecule has 4 aliphatic heterocycles. The Kier molecular flexibility index (Phi) is 12.8. The summed E-state index contributed by atoms with van der Waals surface area (Å²) in [6.45, 7) is 27.9. The van der Waals surface area contributed by atoms with Crippen LogP contribution >= 0.6 is 0 Å². The molecule has 0 aromatic heterocycles. The molecule has 56 heavy (non-hydrogen) atoms. The molecule has 4 fully saturated rings. The SMILES string of the molecule is CCC(C(=O)OC1(C)N(C)CCCC1(C)C)(C(=O)OC1(C)N(C)CCCC1(C)C)C(C(=O)OC1(C)N(C)CCCC1(C)C)C(=O)OC1(C)N(C)CCCC1(C)C. The molecule has 4 atom stereocenters. The molecule has 4 unspecified atom stereocenters. The van der Waals surface area contributed by atoms with Gasteiger partial charge in [0.1, 0.15) is 0 Å². The van der Waals surface area contributed by atoms with Gasteiger partial charge in [0.15, 0.2) is 34.2 Å². The van der Waals surface area contributed by atoms with Crippen LogP contribution in [0.4, 0.5) is 0 Å². The topological polar surface area (TPSA) is 118 Å². The molecule has 0 spiro atoms. The van der Waals surface area contributed by atoms with Crippen molar-refractivity contribution in [3.05, 3.63) is 0 Å². The summed E-state index contributed by atoms with van der Waals surface area (Å²) >= 11 is 0. The Morgan fingerprint density at radius 3 is 0.911 bits per heavy atom. The summed E-state index contributed by atoms with van der Waals surface area (Å²) in [6, 6.07) is 0. The molecule has 322 valence electrons. The summed E-state index contributed by atoms with van der Waals surface area (Å²) in [7, 11) is 7.57. The third-order valence-electron chi connectivity index (χ3n) is 16.5. The molecule has 0 aromatic carbocycles. The zero-order chi connectivity index (χ0) is 42.7. The lowest BCUT2D eigenvalue weighted by atomic mass is 9.69. The van der Waals surface area contributed by atoms with E-state index in [1.165, 1.54) is 0 Å². The van der Waals surface area contributed by atoms with Crippen LogP contribution in [-0.4, -0.2) is 121 Å². The van der Waals surface area contributed by atoms with E-state index in [0.717, 1.165) is 51.4 Å². The first-order chi connectivity index (χ1) is 25.5. The minimum Gasteiger partial charge on any atom is -0.443 e. The number of rotatable bonds is 10. The lowest BCUT2D eigenvalue weighted by molar-refractivity contribution is -0.258. The van der Waals surface area contributed by atoms with Gasteiger partial charge in [-0.05, 0) is 114 Å². The normalized spacial score (nSPS) is 35.4. The number of carbonyl (C=O) groups excluding carboxylic acids is 4. The summed E-state index contributed by atoms with van der Waals surface area (Å²) < 4.78 is 26.5. The van der Waals surface area contributed by atoms with Crippen molar-refractivity contribution in [2.75, 3.05) is 54.4 Å². The maximum atomic E-state index is 15.6. The summed E-state index contributed by atoms with van der Waals surface area (Å²) in [5.41, 5.74) is -9.41. The van der Waals surface area contributed by atoms with Gasteiger partial charge in [0, 0.05) is 47.8 Å². The van der Waals surface area contributed by atoms with Gasteiger partial charge in [0.05, 0.1) is 0 Å². The quantitative estimate of drug-likeness (QED) is 0.128. The second-order valence-corrected chi connectivity index (χ2v) is 20.9. The van der Waals surface area contributed by atoms with Crippen LogP contribution < -0.4 is 0 Å². The van der Waals surface area contributed by atoms with Crippen molar-refractivity contribution in [2.45, 2.75) is 171 Å². The lowest BCUT2D eigenvalue weighted by Gasteiger charge is -2.55. The Bertz CT molecular complexity index is 1410. The highest BCUT2D eigenvalue weighted by Crippen LogP contribution is 2.52. The van der Waals surface area contributed by atoms with Crippen LogP contribution in [0.15, 0.2) is 0 Å². The fourth-order valence-corrected chi connectivity index (χ4v) is 10.1. The van der Waals surface area contributed by atoms with Crippen molar-refractivity contribution in [3.8, 4) is 0 Å². The van der Waals surface area contributed by atoms with Crippen LogP contribution in [0.5, 0.6) is 0 Å². The largest absolute Gasteiger partial charge is 0.443 e. The van der Waals surface area contributed by atoms with E-state index in [1.54, 1.807) is 6.92 Å². The second kappa shape index (κ2) is 15.4. The van der Waals surface area contributed by atoms with Crippen LogP contribution in [0.25, 0.3) is 0 Å². The van der Waals surface area contributed by atoms with Gasteiger partial charge in [-0.3, -0.25) is 38.8 Å². The van der Waals surface area contributed by atoms with Crippen molar-refractivity contribution < 1.29 is 38.1 Å². The molecule has 4 aliphatic rings. The van der Waals surface area contributed by atoms with Crippen LogP contribution in [0.2, 0.25) is 0 Å². The maximum Gasteiger partial charge on any atom is 0.326 e. The van der Waals surface area contributed by atoms with Gasteiger partial charge in [-0.2, -0.15) is 0 Å². The van der Waals surface area contributed by atoms with Crippen molar-refractivity contribution in [1.82, 2.24) is 19.6 Å². The van der Waals surface area contributed by atoms with Crippen LogP contribution in [0.3, 0.4) is 0 Å². The van der Waals surface area contributed by atoms with Gasteiger partial charge in [0.25, 0.3) is 0 Å². The van der Waals surface area contributed by atoms with Crippen molar-refractivity contribution in [2.24, 2.45) is 33.0 Å². The number of ether oxygens (including phenoxy) is 4. The highest BCUT2D eigenvalue weighted by Gasteiger charge is 2.68. The summed E-state index contributed by atoms with van der Waals surface area (Å²) in [5.74, 6) is -6.10. The van der Waals surface area contributed by atoms with Gasteiger partial charge in [-0.25, -0.2) is 0 Å². The molecule has 12 heteroatoms. The molecule has 0 bridgehead atoms. The minimum absolute atomic E-state index is 0.286. The first-order valence-corrected chi connectivity index (χ1v) is 21.2. The van der Waals surface area contributed by atoms with E-state index in [1.807, 2.05) is 131 Å². The number of hydrogen-bond donors (Lipinski definition) is 0. The summed E-state index contributed by atoms with van der Waals surface area (Å²) in [4.78, 5) is 70.0. The maximum absolute atomic E-state index is 15.6. The van der Waals surface area contributed by atoms with Gasteiger partial charge >= 0.3 is 23.9 Å². The molecule has 4 rings (SSSR count). The first kappa shape index (κ1) is 46.4. The molecule has 4 heterocycles. The van der Waals surface area contributed by atoms with Gasteiger partial charge < -0.3 is 18.9 Å². The molecule has 0 saturated carbocycles. The molecule has 4 saturated heterocycles. The van der Waals surface area contributed by atoms with E-state index >= 15 is 19.2 Å². The molecular weight excluding hydrogens is 713 g/mol. The molecule has 0 aromatic rings. The Balaban J connectivity index is 2.00. The number of nitrogens with zero attached hydrogens (tertiary/aromatic N) is 4. The predicted octanol–water partition coefficient (Wildman–Crippen LogP) is 7.04. The molecule has 0 radical (unpaired) electrons. The van der Waals surface area contributed by atoms with E-state index in [-0.39, 0.29) is 6.42 Å². The van der Waals surface area contributed by atoms with Gasteiger partial charge in [-0.15, -0.1) is 0 Å². The number of esters is 4. The van der Waals surface area contributed by atoms with Crippen molar-refractivity contribution in [3.63, 3.8) is 0 Å². The first-order valence-electron chi connectivity index (χ1n) is 21.2. The molecular formula is C44H78N4O8. The van der Waals surface area contributed by atoms with E-state index < -0.39 is 79.8 Å². The number of carbonyl (C=O) groups is 4. The third kappa shape index (κ3) is 7.33. The van der Waals surface area contributed by atoms with Crippen LogP contribution in [0.1, 0.15) is 148 Å². The molecule has 0 N–H and O–H groups in total. The number of likely N-dealkylation sites (tertiary alicyclic amines) is 4. The highest BCUT2D eigenvalue weighted by molar-refractivity contribution is 6.11. The van der Waals surface area contributed by atoms with Crippen LogP contribution in [0, 0.1) is 33.0 Å². The summed E-state index contributed by atoms with van der Waals surface area (Å²) in [5, 5.41) is 0. The lowest BCUT2D eigenvalue weighted by Crippen LogP contribution is -2.67. The predicted molar refractivity (Wildman–Crippen MR) is 217 cm³/mol. The fourth-order valence-electron chi connectivity index (χ4n) is 10.1. The van der Waals surface area contributed by atoms with E-state index in [4.69, 9.17) is 18.9 Å². The Morgan fingerprint density at radius 2 is 0.696 bits per heavy atom. The second-order valence-electron chi connectivity index (χ2n) is 20.9. The standard InChI is InChI=1S/C44H78N4O8/c1-18-44(34(51)55-42(12)38(6,7)25-21-29-47(42)16,35(52)56-43(13)39(8,9)26-22-30-48(43)17)31(32(49)53-40(10)36(2,3)23-19-27-45(40)14)33(50)54-41(11)37(4,5)24-20-28-46(41)15/h31H,18-30H2,1-17H3.